The Labute approximate surface area is 181 Å². The predicted molar refractivity (Wildman–Crippen MR) is 124 cm³/mol. The maximum Gasteiger partial charge on any atom is 0.227 e. The van der Waals surface area contributed by atoms with E-state index in [0.29, 0.717) is 11.5 Å². The highest BCUT2D eigenvalue weighted by atomic mass is 15.1. The van der Waals surface area contributed by atoms with Crippen molar-refractivity contribution in [1.82, 2.24) is 9.97 Å². The standard InChI is InChI=1S/C26H19N5/c1-17-13-20(5-4-12-27)14-18(2)24(17)23-7-3-6-21-16-29-26(31-25(21)23)30-22-10-8-19(15-28)9-11-22/h3-11,13-14,16H,1-2H3,(H,29,30,31)/b5-4+. The first kappa shape index (κ1) is 19.8. The summed E-state index contributed by atoms with van der Waals surface area (Å²) in [6.45, 7) is 4.14. The van der Waals surface area contributed by atoms with E-state index in [2.05, 4.69) is 48.4 Å². The fraction of sp³-hybridized carbons (Fsp3) is 0.0769. The van der Waals surface area contributed by atoms with E-state index < -0.39 is 0 Å². The molecule has 0 aliphatic heterocycles. The van der Waals surface area contributed by atoms with Crippen LogP contribution in [0.4, 0.5) is 11.6 Å². The van der Waals surface area contributed by atoms with Gasteiger partial charge in [-0.15, -0.1) is 0 Å². The van der Waals surface area contributed by atoms with Crippen molar-refractivity contribution in [1.29, 1.82) is 10.5 Å². The molecule has 148 valence electrons. The molecule has 0 atom stereocenters. The maximum absolute atomic E-state index is 8.97. The highest BCUT2D eigenvalue weighted by molar-refractivity contribution is 5.95. The minimum Gasteiger partial charge on any atom is -0.324 e. The summed E-state index contributed by atoms with van der Waals surface area (Å²) in [4.78, 5) is 9.24. The average molecular weight is 401 g/mol. The summed E-state index contributed by atoms with van der Waals surface area (Å²) in [6, 6.07) is 21.6. The number of rotatable bonds is 4. The Bertz CT molecular complexity index is 1360. The SMILES string of the molecule is Cc1cc(/C=C/C#N)cc(C)c1-c1cccc2cnc(Nc3ccc(C#N)cc3)nc12. The van der Waals surface area contributed by atoms with Gasteiger partial charge in [-0.2, -0.15) is 10.5 Å². The number of nitriles is 2. The van der Waals surface area contributed by atoms with Crippen molar-refractivity contribution in [2.75, 3.05) is 5.32 Å². The van der Waals surface area contributed by atoms with Crippen LogP contribution in [-0.4, -0.2) is 9.97 Å². The molecule has 0 spiro atoms. The van der Waals surface area contributed by atoms with E-state index in [-0.39, 0.29) is 0 Å². The first-order valence-electron chi connectivity index (χ1n) is 9.80. The summed E-state index contributed by atoms with van der Waals surface area (Å²) in [5.41, 5.74) is 7.67. The smallest absolute Gasteiger partial charge is 0.227 e. The lowest BCUT2D eigenvalue weighted by Crippen LogP contribution is -1.99. The fourth-order valence-electron chi connectivity index (χ4n) is 3.73. The van der Waals surface area contributed by atoms with E-state index >= 15 is 0 Å². The van der Waals surface area contributed by atoms with Crippen LogP contribution in [0.5, 0.6) is 0 Å². The highest BCUT2D eigenvalue weighted by Gasteiger charge is 2.12. The van der Waals surface area contributed by atoms with Crippen LogP contribution in [-0.2, 0) is 0 Å². The number of anilines is 2. The van der Waals surface area contributed by atoms with Crippen molar-refractivity contribution < 1.29 is 0 Å². The zero-order chi connectivity index (χ0) is 21.8. The van der Waals surface area contributed by atoms with Gasteiger partial charge in [-0.3, -0.25) is 0 Å². The van der Waals surface area contributed by atoms with Gasteiger partial charge >= 0.3 is 0 Å². The number of para-hydroxylation sites is 1. The molecule has 0 fully saturated rings. The largest absolute Gasteiger partial charge is 0.324 e. The number of nitrogens with one attached hydrogen (secondary N) is 1. The van der Waals surface area contributed by atoms with Crippen molar-refractivity contribution in [2.24, 2.45) is 0 Å². The van der Waals surface area contributed by atoms with Gasteiger partial charge in [-0.1, -0.05) is 30.3 Å². The molecule has 4 aromatic rings. The third-order valence-corrected chi connectivity index (χ3v) is 5.06. The molecule has 1 N–H and O–H groups in total. The topological polar surface area (TPSA) is 85.4 Å². The molecule has 0 saturated carbocycles. The molecule has 31 heavy (non-hydrogen) atoms. The lowest BCUT2D eigenvalue weighted by molar-refractivity contribution is 1.21. The van der Waals surface area contributed by atoms with E-state index in [1.165, 1.54) is 6.08 Å². The fourth-order valence-corrected chi connectivity index (χ4v) is 3.73. The Morgan fingerprint density at radius 2 is 1.71 bits per heavy atom. The number of aryl methyl sites for hydroxylation is 2. The van der Waals surface area contributed by atoms with Crippen LogP contribution in [0.15, 0.2) is 66.9 Å². The Morgan fingerprint density at radius 3 is 2.39 bits per heavy atom. The lowest BCUT2D eigenvalue weighted by Gasteiger charge is -2.14. The Hall–Kier alpha value is -4.48. The van der Waals surface area contributed by atoms with Gasteiger partial charge in [-0.25, -0.2) is 9.97 Å². The van der Waals surface area contributed by atoms with Crippen molar-refractivity contribution in [3.8, 4) is 23.3 Å². The van der Waals surface area contributed by atoms with Gasteiger partial charge in [-0.05, 0) is 66.4 Å². The summed E-state index contributed by atoms with van der Waals surface area (Å²) < 4.78 is 0. The number of fused-ring (bicyclic) bond motifs is 1. The third kappa shape index (κ3) is 4.12. The van der Waals surface area contributed by atoms with Gasteiger partial charge in [0.25, 0.3) is 0 Å². The minimum atomic E-state index is 0.494. The van der Waals surface area contributed by atoms with Gasteiger partial charge in [0.15, 0.2) is 0 Å². The van der Waals surface area contributed by atoms with Crippen LogP contribution < -0.4 is 5.32 Å². The van der Waals surface area contributed by atoms with Crippen molar-refractivity contribution in [3.63, 3.8) is 0 Å². The minimum absolute atomic E-state index is 0.494. The summed E-state index contributed by atoms with van der Waals surface area (Å²) >= 11 is 0. The summed E-state index contributed by atoms with van der Waals surface area (Å²) in [5, 5.41) is 21.9. The van der Waals surface area contributed by atoms with Gasteiger partial charge in [0, 0.05) is 28.9 Å². The van der Waals surface area contributed by atoms with Crippen molar-refractivity contribution >= 4 is 28.6 Å². The molecule has 0 aliphatic carbocycles. The number of allylic oxidation sites excluding steroid dienone is 1. The van der Waals surface area contributed by atoms with Crippen molar-refractivity contribution in [3.05, 3.63) is 89.1 Å². The maximum atomic E-state index is 8.97. The first-order valence-corrected chi connectivity index (χ1v) is 9.80. The molecule has 1 heterocycles. The van der Waals surface area contributed by atoms with Crippen LogP contribution in [0.1, 0.15) is 22.3 Å². The Morgan fingerprint density at radius 1 is 0.968 bits per heavy atom. The number of aromatic nitrogens is 2. The third-order valence-electron chi connectivity index (χ3n) is 5.06. The van der Waals surface area contributed by atoms with Gasteiger partial charge in [0.1, 0.15) is 0 Å². The van der Waals surface area contributed by atoms with Crippen LogP contribution in [0, 0.1) is 36.5 Å². The number of benzene rings is 3. The second-order valence-electron chi connectivity index (χ2n) is 7.24. The molecule has 0 saturated heterocycles. The van der Waals surface area contributed by atoms with Crippen LogP contribution >= 0.6 is 0 Å². The monoisotopic (exact) mass is 401 g/mol. The average Bonchev–Trinajstić information content (AvgIpc) is 2.78. The normalized spacial score (nSPS) is 10.7. The molecule has 0 aliphatic rings. The molecule has 0 bridgehead atoms. The summed E-state index contributed by atoms with van der Waals surface area (Å²) in [6.07, 6.45) is 5.11. The predicted octanol–water partition coefficient (Wildman–Crippen LogP) is 6.07. The quantitative estimate of drug-likeness (QED) is 0.420. The van der Waals surface area contributed by atoms with E-state index in [4.69, 9.17) is 15.5 Å². The molecule has 1 aromatic heterocycles. The first-order chi connectivity index (χ1) is 15.1. The van der Waals surface area contributed by atoms with E-state index in [0.717, 1.165) is 44.4 Å². The molecule has 5 heteroatoms. The number of hydrogen-bond donors (Lipinski definition) is 1. The molecule has 0 radical (unpaired) electrons. The molecular formula is C26H19N5. The van der Waals surface area contributed by atoms with Crippen LogP contribution in [0.3, 0.4) is 0 Å². The number of nitrogens with zero attached hydrogens (tertiary/aromatic N) is 4. The molecule has 4 rings (SSSR count). The zero-order valence-electron chi connectivity index (χ0n) is 17.2. The summed E-state index contributed by atoms with van der Waals surface area (Å²) in [7, 11) is 0. The summed E-state index contributed by atoms with van der Waals surface area (Å²) in [5.74, 6) is 0.494. The van der Waals surface area contributed by atoms with Gasteiger partial charge < -0.3 is 5.32 Å². The highest BCUT2D eigenvalue weighted by Crippen LogP contribution is 2.34. The molecule has 0 unspecified atom stereocenters. The Balaban J connectivity index is 1.78. The second-order valence-corrected chi connectivity index (χ2v) is 7.24. The van der Waals surface area contributed by atoms with Gasteiger partial charge in [0.2, 0.25) is 5.95 Å². The molecular weight excluding hydrogens is 382 g/mol. The molecule has 0 amide bonds. The lowest BCUT2D eigenvalue weighted by atomic mass is 9.92. The number of hydrogen-bond acceptors (Lipinski definition) is 5. The van der Waals surface area contributed by atoms with E-state index in [1.807, 2.05) is 42.6 Å². The Kier molecular flexibility index (Phi) is 5.43. The van der Waals surface area contributed by atoms with E-state index in [9.17, 15) is 0 Å². The molecule has 5 nitrogen and oxygen atoms in total. The second kappa shape index (κ2) is 8.49. The van der Waals surface area contributed by atoms with Crippen LogP contribution in [0.2, 0.25) is 0 Å². The zero-order valence-corrected chi connectivity index (χ0v) is 17.2. The molecule has 3 aromatic carbocycles. The van der Waals surface area contributed by atoms with Crippen molar-refractivity contribution in [2.45, 2.75) is 13.8 Å². The van der Waals surface area contributed by atoms with E-state index in [1.54, 1.807) is 12.1 Å². The van der Waals surface area contributed by atoms with Gasteiger partial charge in [0.05, 0.1) is 23.2 Å². The van der Waals surface area contributed by atoms with Crippen LogP contribution in [0.25, 0.3) is 28.1 Å².